The number of halogens is 1. The van der Waals surface area contributed by atoms with E-state index in [2.05, 4.69) is 70.0 Å². The molecule has 0 aliphatic heterocycles. The minimum absolute atomic E-state index is 0.176. The van der Waals surface area contributed by atoms with Crippen LogP contribution in [0.2, 0.25) is 0 Å². The summed E-state index contributed by atoms with van der Waals surface area (Å²) in [5, 5.41) is 7.85. The van der Waals surface area contributed by atoms with Gasteiger partial charge in [-0.15, -0.1) is 0 Å². The van der Waals surface area contributed by atoms with Crippen LogP contribution in [-0.2, 0) is 6.54 Å². The maximum absolute atomic E-state index is 4.43. The van der Waals surface area contributed by atoms with Crippen LogP contribution < -0.4 is 5.32 Å². The quantitative estimate of drug-likeness (QED) is 0.895. The van der Waals surface area contributed by atoms with Gasteiger partial charge in [-0.2, -0.15) is 5.10 Å². The molecule has 0 fully saturated rings. The highest BCUT2D eigenvalue weighted by molar-refractivity contribution is 9.10. The zero-order chi connectivity index (χ0) is 14.7. The van der Waals surface area contributed by atoms with Crippen molar-refractivity contribution >= 4 is 15.9 Å². The van der Waals surface area contributed by atoms with Gasteiger partial charge in [0.1, 0.15) is 0 Å². The molecule has 1 atom stereocenters. The van der Waals surface area contributed by atoms with Gasteiger partial charge in [0, 0.05) is 17.2 Å². The van der Waals surface area contributed by atoms with E-state index in [1.165, 1.54) is 26.9 Å². The Labute approximate surface area is 129 Å². The summed E-state index contributed by atoms with van der Waals surface area (Å²) in [4.78, 5) is 0. The molecule has 108 valence electrons. The van der Waals surface area contributed by atoms with Crippen molar-refractivity contribution in [3.63, 3.8) is 0 Å². The fourth-order valence-electron chi connectivity index (χ4n) is 2.62. The van der Waals surface area contributed by atoms with Crippen molar-refractivity contribution in [1.82, 2.24) is 15.1 Å². The van der Waals surface area contributed by atoms with Gasteiger partial charge in [-0.05, 0) is 50.1 Å². The molecule has 0 radical (unpaired) electrons. The standard InChI is InChI=1S/C16H22BrN3/c1-5-8-20-14(6-7-19-20)16(18-4)13-9-11(2)15(17)12(3)10-13/h6-7,9-10,16,18H,5,8H2,1-4H3. The summed E-state index contributed by atoms with van der Waals surface area (Å²) in [5.41, 5.74) is 5.03. The average Bonchev–Trinajstić information content (AvgIpc) is 2.86. The molecular weight excluding hydrogens is 314 g/mol. The Bertz CT molecular complexity index is 566. The van der Waals surface area contributed by atoms with Gasteiger partial charge in [-0.3, -0.25) is 4.68 Å². The SMILES string of the molecule is CCCn1nccc1C(NC)c1cc(C)c(Br)c(C)c1. The minimum Gasteiger partial charge on any atom is -0.308 e. The number of aromatic nitrogens is 2. The molecule has 0 aliphatic rings. The molecule has 0 saturated carbocycles. The fraction of sp³-hybridized carbons (Fsp3) is 0.438. The van der Waals surface area contributed by atoms with Gasteiger partial charge in [0.2, 0.25) is 0 Å². The Morgan fingerprint density at radius 1 is 1.30 bits per heavy atom. The third-order valence-corrected chi connectivity index (χ3v) is 4.81. The Hall–Kier alpha value is -1.13. The number of benzene rings is 1. The van der Waals surface area contributed by atoms with Crippen LogP contribution in [0.4, 0.5) is 0 Å². The van der Waals surface area contributed by atoms with E-state index in [0.29, 0.717) is 0 Å². The molecule has 2 rings (SSSR count). The lowest BCUT2D eigenvalue weighted by Crippen LogP contribution is -2.22. The molecule has 0 spiro atoms. The molecule has 0 saturated heterocycles. The van der Waals surface area contributed by atoms with Gasteiger partial charge in [-0.25, -0.2) is 0 Å². The van der Waals surface area contributed by atoms with E-state index in [1.54, 1.807) is 0 Å². The van der Waals surface area contributed by atoms with Gasteiger partial charge < -0.3 is 5.32 Å². The van der Waals surface area contributed by atoms with Crippen molar-refractivity contribution in [2.24, 2.45) is 0 Å². The molecule has 1 N–H and O–H groups in total. The molecule has 0 amide bonds. The zero-order valence-electron chi connectivity index (χ0n) is 12.6. The summed E-state index contributed by atoms with van der Waals surface area (Å²) >= 11 is 3.63. The lowest BCUT2D eigenvalue weighted by atomic mass is 9.99. The topological polar surface area (TPSA) is 29.9 Å². The number of hydrogen-bond acceptors (Lipinski definition) is 2. The molecule has 3 nitrogen and oxygen atoms in total. The molecule has 20 heavy (non-hydrogen) atoms. The first-order chi connectivity index (χ1) is 9.58. The monoisotopic (exact) mass is 335 g/mol. The predicted molar refractivity (Wildman–Crippen MR) is 87.0 cm³/mol. The van der Waals surface area contributed by atoms with Gasteiger partial charge >= 0.3 is 0 Å². The minimum atomic E-state index is 0.176. The summed E-state index contributed by atoms with van der Waals surface area (Å²) < 4.78 is 3.28. The number of hydrogen-bond donors (Lipinski definition) is 1. The van der Waals surface area contributed by atoms with Crippen molar-refractivity contribution in [3.05, 3.63) is 51.3 Å². The maximum Gasteiger partial charge on any atom is 0.0746 e. The number of rotatable bonds is 5. The Balaban J connectivity index is 2.44. The normalized spacial score (nSPS) is 12.7. The van der Waals surface area contributed by atoms with Crippen molar-refractivity contribution in [2.45, 2.75) is 39.8 Å². The Morgan fingerprint density at radius 2 is 1.95 bits per heavy atom. The number of nitrogens with one attached hydrogen (secondary N) is 1. The van der Waals surface area contributed by atoms with E-state index in [0.717, 1.165) is 13.0 Å². The maximum atomic E-state index is 4.43. The van der Waals surface area contributed by atoms with Crippen LogP contribution in [0.25, 0.3) is 0 Å². The highest BCUT2D eigenvalue weighted by Gasteiger charge is 2.17. The molecule has 2 aromatic rings. The summed E-state index contributed by atoms with van der Waals surface area (Å²) in [7, 11) is 2.00. The van der Waals surface area contributed by atoms with E-state index >= 15 is 0 Å². The Morgan fingerprint density at radius 3 is 2.50 bits per heavy atom. The van der Waals surface area contributed by atoms with E-state index in [4.69, 9.17) is 0 Å². The third kappa shape index (κ3) is 2.96. The molecule has 1 aromatic carbocycles. The molecular formula is C16H22BrN3. The second kappa shape index (κ2) is 6.55. The van der Waals surface area contributed by atoms with Gasteiger partial charge in [0.05, 0.1) is 11.7 Å². The Kier molecular flexibility index (Phi) is 5.00. The second-order valence-corrected chi connectivity index (χ2v) is 5.96. The van der Waals surface area contributed by atoms with Gasteiger partial charge in [-0.1, -0.05) is 35.0 Å². The van der Waals surface area contributed by atoms with Crippen LogP contribution in [0.5, 0.6) is 0 Å². The van der Waals surface area contributed by atoms with E-state index in [9.17, 15) is 0 Å². The summed E-state index contributed by atoms with van der Waals surface area (Å²) in [6.07, 6.45) is 2.97. The van der Waals surface area contributed by atoms with E-state index < -0.39 is 0 Å². The van der Waals surface area contributed by atoms with Crippen molar-refractivity contribution in [3.8, 4) is 0 Å². The largest absolute Gasteiger partial charge is 0.308 e. The van der Waals surface area contributed by atoms with E-state index in [-0.39, 0.29) is 6.04 Å². The average molecular weight is 336 g/mol. The molecule has 0 aliphatic carbocycles. The van der Waals surface area contributed by atoms with E-state index in [1.807, 2.05) is 13.2 Å². The third-order valence-electron chi connectivity index (χ3n) is 3.56. The van der Waals surface area contributed by atoms with Crippen molar-refractivity contribution in [1.29, 1.82) is 0 Å². The first-order valence-electron chi connectivity index (χ1n) is 7.04. The first-order valence-corrected chi connectivity index (χ1v) is 7.83. The number of nitrogens with zero attached hydrogens (tertiary/aromatic N) is 2. The summed E-state index contributed by atoms with van der Waals surface area (Å²) in [6, 6.07) is 6.75. The smallest absolute Gasteiger partial charge is 0.0746 e. The van der Waals surface area contributed by atoms with Crippen LogP contribution in [0.3, 0.4) is 0 Å². The highest BCUT2D eigenvalue weighted by Crippen LogP contribution is 2.28. The lowest BCUT2D eigenvalue weighted by Gasteiger charge is -2.20. The van der Waals surface area contributed by atoms with Crippen molar-refractivity contribution < 1.29 is 0 Å². The van der Waals surface area contributed by atoms with Crippen LogP contribution in [0, 0.1) is 13.8 Å². The predicted octanol–water partition coefficient (Wildman–Crippen LogP) is 3.98. The van der Waals surface area contributed by atoms with Crippen molar-refractivity contribution in [2.75, 3.05) is 7.05 Å². The molecule has 1 aromatic heterocycles. The second-order valence-electron chi connectivity index (χ2n) is 5.17. The molecule has 0 bridgehead atoms. The van der Waals surface area contributed by atoms with Crippen LogP contribution in [0.15, 0.2) is 28.9 Å². The summed E-state index contributed by atoms with van der Waals surface area (Å²) in [6.45, 7) is 7.40. The van der Waals surface area contributed by atoms with Crippen LogP contribution >= 0.6 is 15.9 Å². The molecule has 1 heterocycles. The summed E-state index contributed by atoms with van der Waals surface area (Å²) in [5.74, 6) is 0. The molecule has 4 heteroatoms. The number of aryl methyl sites for hydroxylation is 3. The van der Waals surface area contributed by atoms with Gasteiger partial charge in [0.15, 0.2) is 0 Å². The fourth-order valence-corrected chi connectivity index (χ4v) is 2.85. The molecule has 1 unspecified atom stereocenters. The zero-order valence-corrected chi connectivity index (χ0v) is 14.2. The van der Waals surface area contributed by atoms with Crippen LogP contribution in [-0.4, -0.2) is 16.8 Å². The van der Waals surface area contributed by atoms with Crippen LogP contribution in [0.1, 0.15) is 41.8 Å². The highest BCUT2D eigenvalue weighted by atomic mass is 79.9. The first kappa shape index (κ1) is 15.3. The lowest BCUT2D eigenvalue weighted by molar-refractivity contribution is 0.534. The van der Waals surface area contributed by atoms with Gasteiger partial charge in [0.25, 0.3) is 0 Å².